The zero-order chi connectivity index (χ0) is 13.8. The van der Waals surface area contributed by atoms with Crippen molar-refractivity contribution < 1.29 is 4.79 Å². The summed E-state index contributed by atoms with van der Waals surface area (Å²) in [6.45, 7) is 2.23. The van der Waals surface area contributed by atoms with E-state index >= 15 is 0 Å². The van der Waals surface area contributed by atoms with E-state index in [0.29, 0.717) is 17.3 Å². The van der Waals surface area contributed by atoms with Crippen molar-refractivity contribution in [2.24, 2.45) is 11.8 Å². The number of pyridine rings is 1. The van der Waals surface area contributed by atoms with Gasteiger partial charge >= 0.3 is 0 Å². The third kappa shape index (κ3) is 3.67. The van der Waals surface area contributed by atoms with Crippen molar-refractivity contribution in [1.29, 1.82) is 0 Å². The molecule has 2 atom stereocenters. The van der Waals surface area contributed by atoms with Gasteiger partial charge in [0.05, 0.1) is 5.56 Å². The fourth-order valence-electron chi connectivity index (χ4n) is 2.56. The molecule has 0 saturated heterocycles. The highest BCUT2D eigenvalue weighted by Crippen LogP contribution is 2.24. The number of hydrazine groups is 1. The standard InChI is InChI=1S/C13H19BrN4O/c1-8-3-2-4-10(5-8)17-13(19)11-6-9(14)7-16-12(11)18-15/h6-8,10H,2-5,15H2,1H3,(H,16,18)(H,17,19). The molecule has 1 aliphatic rings. The van der Waals surface area contributed by atoms with Crippen LogP contribution in [0.4, 0.5) is 5.82 Å². The first-order chi connectivity index (χ1) is 9.10. The van der Waals surface area contributed by atoms with Gasteiger partial charge in [0.1, 0.15) is 0 Å². The van der Waals surface area contributed by atoms with Crippen LogP contribution in [0.15, 0.2) is 16.7 Å². The average molecular weight is 327 g/mol. The highest BCUT2D eigenvalue weighted by atomic mass is 79.9. The summed E-state index contributed by atoms with van der Waals surface area (Å²) >= 11 is 3.32. The maximum Gasteiger partial charge on any atom is 0.255 e. The van der Waals surface area contributed by atoms with Crippen LogP contribution in [-0.2, 0) is 0 Å². The van der Waals surface area contributed by atoms with Gasteiger partial charge < -0.3 is 10.7 Å². The molecule has 4 N–H and O–H groups in total. The third-order valence-corrected chi connectivity index (χ3v) is 3.94. The zero-order valence-corrected chi connectivity index (χ0v) is 12.5. The fourth-order valence-corrected chi connectivity index (χ4v) is 2.89. The Balaban J connectivity index is 2.09. The molecule has 1 fully saturated rings. The van der Waals surface area contributed by atoms with E-state index in [2.05, 4.69) is 38.6 Å². The Hall–Kier alpha value is -1.14. The number of rotatable bonds is 3. The highest BCUT2D eigenvalue weighted by molar-refractivity contribution is 9.10. The van der Waals surface area contributed by atoms with Gasteiger partial charge in [-0.3, -0.25) is 4.79 Å². The minimum Gasteiger partial charge on any atom is -0.349 e. The SMILES string of the molecule is CC1CCCC(NC(=O)c2cc(Br)cnc2NN)C1. The van der Waals surface area contributed by atoms with Gasteiger partial charge in [0.15, 0.2) is 5.82 Å². The van der Waals surface area contributed by atoms with Crippen LogP contribution in [0.1, 0.15) is 43.0 Å². The molecule has 1 saturated carbocycles. The molecular weight excluding hydrogens is 308 g/mol. The lowest BCUT2D eigenvalue weighted by molar-refractivity contribution is 0.0922. The largest absolute Gasteiger partial charge is 0.349 e. The van der Waals surface area contributed by atoms with Crippen LogP contribution in [0.2, 0.25) is 0 Å². The Morgan fingerprint density at radius 1 is 1.53 bits per heavy atom. The minimum atomic E-state index is -0.124. The number of anilines is 1. The van der Waals surface area contributed by atoms with Crippen molar-refractivity contribution in [1.82, 2.24) is 10.3 Å². The molecule has 1 heterocycles. The van der Waals surface area contributed by atoms with E-state index in [1.807, 2.05) is 0 Å². The lowest BCUT2D eigenvalue weighted by Gasteiger charge is -2.27. The smallest absolute Gasteiger partial charge is 0.255 e. The van der Waals surface area contributed by atoms with Crippen molar-refractivity contribution in [2.45, 2.75) is 38.6 Å². The number of hydrogen-bond acceptors (Lipinski definition) is 4. The third-order valence-electron chi connectivity index (χ3n) is 3.51. The van der Waals surface area contributed by atoms with Crippen molar-refractivity contribution in [3.63, 3.8) is 0 Å². The van der Waals surface area contributed by atoms with Gasteiger partial charge in [-0.15, -0.1) is 0 Å². The molecule has 1 aliphatic carbocycles. The second-order valence-electron chi connectivity index (χ2n) is 5.14. The lowest BCUT2D eigenvalue weighted by Crippen LogP contribution is -2.38. The van der Waals surface area contributed by atoms with Crippen LogP contribution >= 0.6 is 15.9 Å². The van der Waals surface area contributed by atoms with Gasteiger partial charge in [-0.2, -0.15) is 0 Å². The number of nitrogen functional groups attached to an aromatic ring is 1. The number of nitrogens with one attached hydrogen (secondary N) is 2. The number of hydrogen-bond donors (Lipinski definition) is 3. The molecule has 2 rings (SSSR count). The average Bonchev–Trinajstić information content (AvgIpc) is 2.38. The molecule has 6 heteroatoms. The number of halogens is 1. The van der Waals surface area contributed by atoms with Gasteiger partial charge in [-0.05, 0) is 40.8 Å². The predicted octanol–water partition coefficient (Wildman–Crippen LogP) is 2.44. The summed E-state index contributed by atoms with van der Waals surface area (Å²) in [7, 11) is 0. The van der Waals surface area contributed by atoms with Crippen molar-refractivity contribution in [3.8, 4) is 0 Å². The topological polar surface area (TPSA) is 80.0 Å². The Morgan fingerprint density at radius 2 is 2.32 bits per heavy atom. The van der Waals surface area contributed by atoms with E-state index in [0.717, 1.165) is 17.3 Å². The molecule has 1 aromatic heterocycles. The molecule has 1 amide bonds. The molecule has 0 aromatic carbocycles. The summed E-state index contributed by atoms with van der Waals surface area (Å²) in [6.07, 6.45) is 6.11. The first kappa shape index (κ1) is 14.3. The molecule has 19 heavy (non-hydrogen) atoms. The van der Waals surface area contributed by atoms with Crippen LogP contribution in [0.5, 0.6) is 0 Å². The van der Waals surface area contributed by atoms with Gasteiger partial charge in [-0.1, -0.05) is 19.8 Å². The van der Waals surface area contributed by atoms with Gasteiger partial charge in [0.25, 0.3) is 5.91 Å². The van der Waals surface area contributed by atoms with Gasteiger partial charge in [-0.25, -0.2) is 10.8 Å². The van der Waals surface area contributed by atoms with E-state index in [4.69, 9.17) is 5.84 Å². The normalized spacial score (nSPS) is 22.9. The molecule has 2 unspecified atom stereocenters. The highest BCUT2D eigenvalue weighted by Gasteiger charge is 2.22. The van der Waals surface area contributed by atoms with Crippen LogP contribution in [0, 0.1) is 5.92 Å². The Morgan fingerprint density at radius 3 is 3.00 bits per heavy atom. The first-order valence-corrected chi connectivity index (χ1v) is 7.32. The maximum absolute atomic E-state index is 12.3. The van der Waals surface area contributed by atoms with Crippen LogP contribution in [0.25, 0.3) is 0 Å². The molecule has 0 aliphatic heterocycles. The quantitative estimate of drug-likeness (QED) is 0.588. The van der Waals surface area contributed by atoms with E-state index in [9.17, 15) is 4.79 Å². The molecule has 0 spiro atoms. The second kappa shape index (κ2) is 6.34. The van der Waals surface area contributed by atoms with Crippen LogP contribution in [0.3, 0.4) is 0 Å². The van der Waals surface area contributed by atoms with E-state index in [1.165, 1.54) is 12.8 Å². The summed E-state index contributed by atoms with van der Waals surface area (Å²) in [6, 6.07) is 1.98. The number of nitrogens with zero attached hydrogens (tertiary/aromatic N) is 1. The molecule has 0 radical (unpaired) electrons. The van der Waals surface area contributed by atoms with Crippen molar-refractivity contribution >= 4 is 27.7 Å². The molecule has 0 bridgehead atoms. The molecule has 104 valence electrons. The minimum absolute atomic E-state index is 0.124. The Kier molecular flexibility index (Phi) is 4.76. The van der Waals surface area contributed by atoms with Gasteiger partial charge in [0, 0.05) is 16.7 Å². The van der Waals surface area contributed by atoms with Gasteiger partial charge in [0.2, 0.25) is 0 Å². The van der Waals surface area contributed by atoms with Crippen molar-refractivity contribution in [2.75, 3.05) is 5.43 Å². The number of aromatic nitrogens is 1. The molecule has 5 nitrogen and oxygen atoms in total. The predicted molar refractivity (Wildman–Crippen MR) is 78.6 cm³/mol. The number of carbonyl (C=O) groups excluding carboxylic acids is 1. The maximum atomic E-state index is 12.3. The van der Waals surface area contributed by atoms with Crippen molar-refractivity contribution in [3.05, 3.63) is 22.3 Å². The number of amides is 1. The summed E-state index contributed by atoms with van der Waals surface area (Å²) in [5.41, 5.74) is 2.92. The monoisotopic (exact) mass is 326 g/mol. The molecule has 1 aromatic rings. The summed E-state index contributed by atoms with van der Waals surface area (Å²) in [5, 5.41) is 3.07. The van der Waals surface area contributed by atoms with E-state index in [-0.39, 0.29) is 11.9 Å². The number of nitrogens with two attached hydrogens (primary N) is 1. The molecular formula is C13H19BrN4O. The summed E-state index contributed by atoms with van der Waals surface area (Å²) < 4.78 is 0.758. The first-order valence-electron chi connectivity index (χ1n) is 6.53. The van der Waals surface area contributed by atoms with E-state index in [1.54, 1.807) is 12.3 Å². The Bertz CT molecular complexity index is 466. The fraction of sp³-hybridized carbons (Fsp3) is 0.538. The second-order valence-corrected chi connectivity index (χ2v) is 6.05. The lowest BCUT2D eigenvalue weighted by atomic mass is 9.87. The number of carbonyl (C=O) groups is 1. The summed E-state index contributed by atoms with van der Waals surface area (Å²) in [4.78, 5) is 16.4. The zero-order valence-electron chi connectivity index (χ0n) is 10.9. The summed E-state index contributed by atoms with van der Waals surface area (Å²) in [5.74, 6) is 6.33. The Labute approximate surface area is 121 Å². The van der Waals surface area contributed by atoms with E-state index < -0.39 is 0 Å². The van der Waals surface area contributed by atoms with Crippen LogP contribution in [-0.4, -0.2) is 16.9 Å². The van der Waals surface area contributed by atoms with Crippen LogP contribution < -0.4 is 16.6 Å².